The molecule has 2 unspecified atom stereocenters. The summed E-state index contributed by atoms with van der Waals surface area (Å²) < 4.78 is 36.7. The Morgan fingerprint density at radius 1 is 1.40 bits per heavy atom. The van der Waals surface area contributed by atoms with Gasteiger partial charge in [0.25, 0.3) is 0 Å². The SMILES string of the molecule is OCC1CC(F)C(F)=C1F. The second-order valence-corrected chi connectivity index (χ2v) is 2.28. The van der Waals surface area contributed by atoms with E-state index < -0.39 is 30.4 Å². The number of alkyl halides is 1. The van der Waals surface area contributed by atoms with Gasteiger partial charge in [0.1, 0.15) is 5.83 Å². The van der Waals surface area contributed by atoms with E-state index >= 15 is 0 Å². The van der Waals surface area contributed by atoms with Gasteiger partial charge in [-0.2, -0.15) is 0 Å². The summed E-state index contributed by atoms with van der Waals surface area (Å²) in [5.74, 6) is -3.44. The average molecular weight is 152 g/mol. The van der Waals surface area contributed by atoms with Crippen LogP contribution in [0.1, 0.15) is 6.42 Å². The van der Waals surface area contributed by atoms with Crippen LogP contribution in [-0.2, 0) is 0 Å². The van der Waals surface area contributed by atoms with Crippen molar-refractivity contribution in [1.29, 1.82) is 0 Å². The lowest BCUT2D eigenvalue weighted by Gasteiger charge is -2.01. The lowest BCUT2D eigenvalue weighted by Crippen LogP contribution is -2.04. The molecule has 0 aromatic heterocycles. The van der Waals surface area contributed by atoms with Crippen molar-refractivity contribution < 1.29 is 18.3 Å². The molecule has 1 N–H and O–H groups in total. The quantitative estimate of drug-likeness (QED) is 0.603. The van der Waals surface area contributed by atoms with Gasteiger partial charge in [-0.3, -0.25) is 0 Å². The molecule has 0 fully saturated rings. The van der Waals surface area contributed by atoms with E-state index in [4.69, 9.17) is 5.11 Å². The van der Waals surface area contributed by atoms with Crippen LogP contribution >= 0.6 is 0 Å². The topological polar surface area (TPSA) is 20.2 Å². The first kappa shape index (κ1) is 7.60. The number of aliphatic hydroxyl groups is 1. The maximum absolute atomic E-state index is 12.3. The number of rotatable bonds is 1. The summed E-state index contributed by atoms with van der Waals surface area (Å²) in [6.45, 7) is -0.528. The van der Waals surface area contributed by atoms with Gasteiger partial charge in [-0.15, -0.1) is 0 Å². The van der Waals surface area contributed by atoms with E-state index in [0.717, 1.165) is 0 Å². The van der Waals surface area contributed by atoms with Crippen LogP contribution in [0.2, 0.25) is 0 Å². The van der Waals surface area contributed by atoms with Crippen molar-refractivity contribution in [2.75, 3.05) is 6.61 Å². The van der Waals surface area contributed by atoms with Crippen LogP contribution in [0.25, 0.3) is 0 Å². The smallest absolute Gasteiger partial charge is 0.166 e. The lowest BCUT2D eigenvalue weighted by atomic mass is 10.1. The van der Waals surface area contributed by atoms with Crippen molar-refractivity contribution in [3.63, 3.8) is 0 Å². The molecule has 4 heteroatoms. The van der Waals surface area contributed by atoms with Crippen LogP contribution in [0.3, 0.4) is 0 Å². The molecule has 0 bridgehead atoms. The standard InChI is InChI=1S/C6H7F3O/c7-4-1-3(2-10)5(8)6(4)9/h3-4,10H,1-2H2. The van der Waals surface area contributed by atoms with Crippen molar-refractivity contribution in [2.45, 2.75) is 12.6 Å². The van der Waals surface area contributed by atoms with Gasteiger partial charge >= 0.3 is 0 Å². The first-order valence-corrected chi connectivity index (χ1v) is 2.96. The van der Waals surface area contributed by atoms with Gasteiger partial charge in [0.15, 0.2) is 12.0 Å². The van der Waals surface area contributed by atoms with Crippen molar-refractivity contribution >= 4 is 0 Å². The minimum Gasteiger partial charge on any atom is -0.396 e. The van der Waals surface area contributed by atoms with E-state index in [1.54, 1.807) is 0 Å². The van der Waals surface area contributed by atoms with E-state index in [2.05, 4.69) is 0 Å². The Kier molecular flexibility index (Phi) is 1.99. The molecule has 2 atom stereocenters. The Morgan fingerprint density at radius 2 is 2.00 bits per heavy atom. The highest BCUT2D eigenvalue weighted by Gasteiger charge is 2.34. The third kappa shape index (κ3) is 1.03. The number of halogens is 3. The van der Waals surface area contributed by atoms with Crippen LogP contribution in [0.4, 0.5) is 13.2 Å². The summed E-state index contributed by atoms with van der Waals surface area (Å²) in [6, 6.07) is 0. The zero-order chi connectivity index (χ0) is 7.72. The fourth-order valence-corrected chi connectivity index (χ4v) is 0.956. The molecular weight excluding hydrogens is 145 g/mol. The van der Waals surface area contributed by atoms with Crippen LogP contribution in [0.15, 0.2) is 11.7 Å². The van der Waals surface area contributed by atoms with Crippen molar-refractivity contribution in [3.8, 4) is 0 Å². The molecule has 0 amide bonds. The number of hydrogen-bond donors (Lipinski definition) is 1. The second kappa shape index (κ2) is 2.62. The first-order valence-electron chi connectivity index (χ1n) is 2.96. The zero-order valence-electron chi connectivity index (χ0n) is 5.15. The van der Waals surface area contributed by atoms with E-state index in [-0.39, 0.29) is 6.42 Å². The van der Waals surface area contributed by atoms with Crippen LogP contribution in [0.5, 0.6) is 0 Å². The van der Waals surface area contributed by atoms with Gasteiger partial charge in [0, 0.05) is 5.92 Å². The summed E-state index contributed by atoms with van der Waals surface area (Å²) in [7, 11) is 0. The summed E-state index contributed by atoms with van der Waals surface area (Å²) in [5, 5.41) is 8.36. The van der Waals surface area contributed by atoms with Gasteiger partial charge in [0.05, 0.1) is 6.61 Å². The Balaban J connectivity index is 2.73. The predicted octanol–water partition coefficient (Wildman–Crippen LogP) is 1.49. The van der Waals surface area contributed by atoms with Crippen molar-refractivity contribution in [1.82, 2.24) is 0 Å². The molecule has 0 aromatic carbocycles. The normalized spacial score (nSPS) is 33.6. The van der Waals surface area contributed by atoms with Gasteiger partial charge in [-0.1, -0.05) is 0 Å². The molecule has 1 rings (SSSR count). The zero-order valence-corrected chi connectivity index (χ0v) is 5.15. The van der Waals surface area contributed by atoms with Gasteiger partial charge < -0.3 is 5.11 Å². The largest absolute Gasteiger partial charge is 0.396 e. The van der Waals surface area contributed by atoms with Crippen LogP contribution in [0, 0.1) is 5.92 Å². The second-order valence-electron chi connectivity index (χ2n) is 2.28. The maximum Gasteiger partial charge on any atom is 0.166 e. The Labute approximate surface area is 56.2 Å². The van der Waals surface area contributed by atoms with E-state index in [9.17, 15) is 13.2 Å². The van der Waals surface area contributed by atoms with Gasteiger partial charge in [0.2, 0.25) is 0 Å². The summed E-state index contributed by atoms with van der Waals surface area (Å²) in [4.78, 5) is 0. The van der Waals surface area contributed by atoms with Crippen LogP contribution in [-0.4, -0.2) is 17.9 Å². The predicted molar refractivity (Wildman–Crippen MR) is 29.3 cm³/mol. The molecule has 0 spiro atoms. The summed E-state index contributed by atoms with van der Waals surface area (Å²) >= 11 is 0. The third-order valence-corrected chi connectivity index (χ3v) is 1.57. The fourth-order valence-electron chi connectivity index (χ4n) is 0.956. The molecule has 0 aromatic rings. The molecule has 0 heterocycles. The molecule has 0 radical (unpaired) electrons. The minimum absolute atomic E-state index is 0.270. The molecule has 1 aliphatic carbocycles. The Morgan fingerprint density at radius 3 is 2.20 bits per heavy atom. The highest BCUT2D eigenvalue weighted by molar-refractivity contribution is 5.16. The Hall–Kier alpha value is -0.510. The van der Waals surface area contributed by atoms with E-state index in [1.165, 1.54) is 0 Å². The molecule has 58 valence electrons. The maximum atomic E-state index is 12.3. The molecule has 10 heavy (non-hydrogen) atoms. The monoisotopic (exact) mass is 152 g/mol. The molecule has 0 saturated carbocycles. The van der Waals surface area contributed by atoms with Gasteiger partial charge in [-0.05, 0) is 6.42 Å². The summed E-state index contributed by atoms with van der Waals surface area (Å²) in [5.41, 5.74) is 0. The average Bonchev–Trinajstić information content (AvgIpc) is 2.17. The number of allylic oxidation sites excluding steroid dienone is 1. The summed E-state index contributed by atoms with van der Waals surface area (Å²) in [6.07, 6.45) is -2.12. The lowest BCUT2D eigenvalue weighted by molar-refractivity contribution is 0.214. The molecular formula is C6H7F3O. The highest BCUT2D eigenvalue weighted by atomic mass is 19.2. The third-order valence-electron chi connectivity index (χ3n) is 1.57. The molecule has 1 nitrogen and oxygen atoms in total. The number of aliphatic hydroxyl groups excluding tert-OH is 1. The fraction of sp³-hybridized carbons (Fsp3) is 0.667. The van der Waals surface area contributed by atoms with E-state index in [0.29, 0.717) is 0 Å². The van der Waals surface area contributed by atoms with E-state index in [1.807, 2.05) is 0 Å². The molecule has 0 saturated heterocycles. The number of hydrogen-bond acceptors (Lipinski definition) is 1. The minimum atomic E-state index is -1.85. The van der Waals surface area contributed by atoms with Crippen molar-refractivity contribution in [2.24, 2.45) is 5.92 Å². The molecule has 1 aliphatic rings. The van der Waals surface area contributed by atoms with Crippen molar-refractivity contribution in [3.05, 3.63) is 11.7 Å². The first-order chi connectivity index (χ1) is 4.66. The highest BCUT2D eigenvalue weighted by Crippen LogP contribution is 2.35. The molecule has 0 aliphatic heterocycles. The van der Waals surface area contributed by atoms with Crippen LogP contribution < -0.4 is 0 Å². The van der Waals surface area contributed by atoms with Gasteiger partial charge in [-0.25, -0.2) is 13.2 Å². The Bertz CT molecular complexity index is 166.